The van der Waals surface area contributed by atoms with Crippen LogP contribution in [0.2, 0.25) is 0 Å². The van der Waals surface area contributed by atoms with Gasteiger partial charge in [-0.3, -0.25) is 0 Å². The standard InChI is InChI=1S/C16H20OS/c1-3-4-6-13(2)17-15-10-8-14(9-11-15)16-7-5-12-18-16/h5,7-13H,3-4,6H2,1-2H3. The third kappa shape index (κ3) is 3.61. The molecule has 0 aliphatic carbocycles. The summed E-state index contributed by atoms with van der Waals surface area (Å²) in [7, 11) is 0. The molecular formula is C16H20OS. The van der Waals surface area contributed by atoms with Crippen LogP contribution in [0.1, 0.15) is 33.1 Å². The van der Waals surface area contributed by atoms with Crippen LogP contribution in [0.3, 0.4) is 0 Å². The largest absolute Gasteiger partial charge is 0.491 e. The molecule has 96 valence electrons. The highest BCUT2D eigenvalue weighted by Crippen LogP contribution is 2.26. The lowest BCUT2D eigenvalue weighted by atomic mass is 10.1. The molecule has 1 atom stereocenters. The molecule has 1 heterocycles. The van der Waals surface area contributed by atoms with Crippen LogP contribution < -0.4 is 4.74 Å². The maximum atomic E-state index is 5.89. The second-order valence-corrected chi connectivity index (χ2v) is 5.52. The average Bonchev–Trinajstić information content (AvgIpc) is 2.91. The number of unbranched alkanes of at least 4 members (excludes halogenated alkanes) is 1. The van der Waals surface area contributed by atoms with Gasteiger partial charge >= 0.3 is 0 Å². The monoisotopic (exact) mass is 260 g/mol. The van der Waals surface area contributed by atoms with Gasteiger partial charge in [-0.05, 0) is 54.6 Å². The molecule has 2 heteroatoms. The van der Waals surface area contributed by atoms with E-state index in [4.69, 9.17) is 4.74 Å². The Morgan fingerprint density at radius 2 is 1.94 bits per heavy atom. The molecule has 1 nitrogen and oxygen atoms in total. The van der Waals surface area contributed by atoms with Gasteiger partial charge in [0.1, 0.15) is 5.75 Å². The second kappa shape index (κ2) is 6.60. The van der Waals surface area contributed by atoms with E-state index in [1.165, 1.54) is 23.3 Å². The Bertz CT molecular complexity index is 444. The fourth-order valence-electron chi connectivity index (χ4n) is 1.92. The third-order valence-electron chi connectivity index (χ3n) is 2.96. The summed E-state index contributed by atoms with van der Waals surface area (Å²) in [4.78, 5) is 1.31. The maximum Gasteiger partial charge on any atom is 0.119 e. The molecule has 1 unspecified atom stereocenters. The molecule has 2 rings (SSSR count). The zero-order chi connectivity index (χ0) is 12.8. The minimum absolute atomic E-state index is 0.303. The van der Waals surface area contributed by atoms with Crippen molar-refractivity contribution in [3.8, 4) is 16.2 Å². The molecule has 18 heavy (non-hydrogen) atoms. The van der Waals surface area contributed by atoms with Crippen LogP contribution >= 0.6 is 11.3 Å². The molecule has 0 N–H and O–H groups in total. The molecule has 0 saturated heterocycles. The van der Waals surface area contributed by atoms with Crippen LogP contribution in [0.5, 0.6) is 5.75 Å². The number of rotatable bonds is 6. The second-order valence-electron chi connectivity index (χ2n) is 4.57. The van der Waals surface area contributed by atoms with Crippen LogP contribution in [0.25, 0.3) is 10.4 Å². The van der Waals surface area contributed by atoms with Crippen molar-refractivity contribution < 1.29 is 4.74 Å². The summed E-state index contributed by atoms with van der Waals surface area (Å²) in [6, 6.07) is 12.6. The molecule has 0 aliphatic rings. The number of benzene rings is 1. The van der Waals surface area contributed by atoms with Crippen molar-refractivity contribution in [2.75, 3.05) is 0 Å². The first-order valence-corrected chi connectivity index (χ1v) is 7.48. The van der Waals surface area contributed by atoms with Crippen LogP contribution in [-0.2, 0) is 0 Å². The predicted octanol–water partition coefficient (Wildman–Crippen LogP) is 5.37. The van der Waals surface area contributed by atoms with Gasteiger partial charge < -0.3 is 4.74 Å². The highest BCUT2D eigenvalue weighted by Gasteiger charge is 2.04. The fourth-order valence-corrected chi connectivity index (χ4v) is 2.66. The van der Waals surface area contributed by atoms with Gasteiger partial charge in [-0.15, -0.1) is 11.3 Å². The molecular weight excluding hydrogens is 240 g/mol. The lowest BCUT2D eigenvalue weighted by Crippen LogP contribution is -2.11. The molecule has 0 saturated carbocycles. The summed E-state index contributed by atoms with van der Waals surface area (Å²) in [6.07, 6.45) is 3.89. The lowest BCUT2D eigenvalue weighted by molar-refractivity contribution is 0.207. The van der Waals surface area contributed by atoms with E-state index in [-0.39, 0.29) is 0 Å². The van der Waals surface area contributed by atoms with Crippen molar-refractivity contribution in [3.05, 3.63) is 41.8 Å². The van der Waals surface area contributed by atoms with Gasteiger partial charge in [-0.2, -0.15) is 0 Å². The van der Waals surface area contributed by atoms with E-state index in [0.29, 0.717) is 6.10 Å². The van der Waals surface area contributed by atoms with Crippen LogP contribution in [0.15, 0.2) is 41.8 Å². The summed E-state index contributed by atoms with van der Waals surface area (Å²) < 4.78 is 5.89. The van der Waals surface area contributed by atoms with Gasteiger partial charge in [0.05, 0.1) is 6.10 Å². The zero-order valence-electron chi connectivity index (χ0n) is 11.1. The Balaban J connectivity index is 1.95. The summed E-state index contributed by atoms with van der Waals surface area (Å²) in [5.74, 6) is 0.971. The van der Waals surface area contributed by atoms with Gasteiger partial charge in [0.2, 0.25) is 0 Å². The third-order valence-corrected chi connectivity index (χ3v) is 3.88. The smallest absolute Gasteiger partial charge is 0.119 e. The van der Waals surface area contributed by atoms with Crippen molar-refractivity contribution in [1.82, 2.24) is 0 Å². The van der Waals surface area contributed by atoms with Crippen molar-refractivity contribution in [2.45, 2.75) is 39.2 Å². The Kier molecular flexibility index (Phi) is 4.82. The summed E-state index contributed by atoms with van der Waals surface area (Å²) >= 11 is 1.77. The summed E-state index contributed by atoms with van der Waals surface area (Å²) in [6.45, 7) is 4.35. The number of thiophene rings is 1. The molecule has 0 fully saturated rings. The SMILES string of the molecule is CCCCC(C)Oc1ccc(-c2cccs2)cc1. The first-order chi connectivity index (χ1) is 8.79. The number of hydrogen-bond acceptors (Lipinski definition) is 2. The molecule has 0 amide bonds. The van der Waals surface area contributed by atoms with E-state index < -0.39 is 0 Å². The number of ether oxygens (including phenoxy) is 1. The molecule has 0 aliphatic heterocycles. The first kappa shape index (κ1) is 13.2. The van der Waals surface area contributed by atoms with Crippen molar-refractivity contribution in [1.29, 1.82) is 0 Å². The molecule has 0 bridgehead atoms. The van der Waals surface area contributed by atoms with Crippen molar-refractivity contribution >= 4 is 11.3 Å². The molecule has 1 aromatic heterocycles. The van der Waals surface area contributed by atoms with Crippen LogP contribution in [0.4, 0.5) is 0 Å². The molecule has 1 aromatic carbocycles. The predicted molar refractivity (Wildman–Crippen MR) is 79.4 cm³/mol. The lowest BCUT2D eigenvalue weighted by Gasteiger charge is -2.14. The first-order valence-electron chi connectivity index (χ1n) is 6.60. The Labute approximate surface area is 113 Å². The fraction of sp³-hybridized carbons (Fsp3) is 0.375. The van der Waals surface area contributed by atoms with Crippen molar-refractivity contribution in [3.63, 3.8) is 0 Å². The van der Waals surface area contributed by atoms with Gasteiger partial charge in [0, 0.05) is 4.88 Å². The normalized spacial score (nSPS) is 12.3. The summed E-state index contributed by atoms with van der Waals surface area (Å²) in [5.41, 5.74) is 1.26. The topological polar surface area (TPSA) is 9.23 Å². The highest BCUT2D eigenvalue weighted by atomic mass is 32.1. The van der Waals surface area contributed by atoms with Crippen LogP contribution in [0, 0.1) is 0 Å². The van der Waals surface area contributed by atoms with E-state index in [9.17, 15) is 0 Å². The van der Waals surface area contributed by atoms with Crippen molar-refractivity contribution in [2.24, 2.45) is 0 Å². The number of hydrogen-bond donors (Lipinski definition) is 0. The quantitative estimate of drug-likeness (QED) is 0.678. The van der Waals surface area contributed by atoms with E-state index in [1.807, 2.05) is 0 Å². The minimum atomic E-state index is 0.303. The maximum absolute atomic E-state index is 5.89. The highest BCUT2D eigenvalue weighted by molar-refractivity contribution is 7.13. The zero-order valence-corrected chi connectivity index (χ0v) is 11.9. The molecule has 2 aromatic rings. The summed E-state index contributed by atoms with van der Waals surface area (Å²) in [5, 5.41) is 2.10. The Morgan fingerprint density at radius 1 is 1.17 bits per heavy atom. The van der Waals surface area contributed by atoms with E-state index in [1.54, 1.807) is 11.3 Å². The molecule has 0 radical (unpaired) electrons. The van der Waals surface area contributed by atoms with Gasteiger partial charge in [0.15, 0.2) is 0 Å². The van der Waals surface area contributed by atoms with Gasteiger partial charge in [-0.25, -0.2) is 0 Å². The average molecular weight is 260 g/mol. The Morgan fingerprint density at radius 3 is 2.56 bits per heavy atom. The van der Waals surface area contributed by atoms with E-state index in [0.717, 1.165) is 12.2 Å². The minimum Gasteiger partial charge on any atom is -0.491 e. The van der Waals surface area contributed by atoms with Crippen LogP contribution in [-0.4, -0.2) is 6.10 Å². The van der Waals surface area contributed by atoms with E-state index >= 15 is 0 Å². The van der Waals surface area contributed by atoms with Gasteiger partial charge in [0.25, 0.3) is 0 Å². The van der Waals surface area contributed by atoms with E-state index in [2.05, 4.69) is 55.6 Å². The molecule has 0 spiro atoms. The van der Waals surface area contributed by atoms with Gasteiger partial charge in [-0.1, -0.05) is 25.8 Å². The Hall–Kier alpha value is -1.28.